The van der Waals surface area contributed by atoms with Gasteiger partial charge in [-0.15, -0.1) is 12.4 Å². The first-order valence-corrected chi connectivity index (χ1v) is 9.19. The largest absolute Gasteiger partial charge is 0.378 e. The number of nitrogens with zero attached hydrogens (tertiary/aromatic N) is 1. The van der Waals surface area contributed by atoms with Gasteiger partial charge < -0.3 is 20.7 Å². The average molecular weight is 382 g/mol. The van der Waals surface area contributed by atoms with Gasteiger partial charge in [-0.2, -0.15) is 0 Å². The van der Waals surface area contributed by atoms with Gasteiger partial charge in [0.15, 0.2) is 0 Å². The van der Waals surface area contributed by atoms with E-state index in [4.69, 9.17) is 10.5 Å². The van der Waals surface area contributed by atoms with Crippen molar-refractivity contribution in [3.05, 3.63) is 29.8 Å². The number of nitrogens with two attached hydrogens (primary N) is 1. The smallest absolute Gasteiger partial charge is 0.253 e. The lowest BCUT2D eigenvalue weighted by molar-refractivity contribution is -0.117. The van der Waals surface area contributed by atoms with Crippen LogP contribution in [0.25, 0.3) is 0 Å². The number of nitrogens with one attached hydrogen (secondary N) is 1. The fourth-order valence-electron chi connectivity index (χ4n) is 3.06. The van der Waals surface area contributed by atoms with Gasteiger partial charge in [0.1, 0.15) is 0 Å². The number of carbonyl (C=O) groups is 2. The number of amides is 2. The van der Waals surface area contributed by atoms with Crippen LogP contribution in [0.3, 0.4) is 0 Å². The van der Waals surface area contributed by atoms with Gasteiger partial charge in [0.05, 0.1) is 6.10 Å². The summed E-state index contributed by atoms with van der Waals surface area (Å²) in [7, 11) is 0. The molecule has 3 N–H and O–H groups in total. The van der Waals surface area contributed by atoms with Gasteiger partial charge in [-0.1, -0.05) is 6.07 Å². The van der Waals surface area contributed by atoms with Crippen LogP contribution >= 0.6 is 12.4 Å². The van der Waals surface area contributed by atoms with Gasteiger partial charge in [0, 0.05) is 36.9 Å². The number of halogens is 1. The van der Waals surface area contributed by atoms with E-state index in [2.05, 4.69) is 5.32 Å². The molecule has 0 atom stereocenters. The molecule has 0 radical (unpaired) electrons. The van der Waals surface area contributed by atoms with Crippen LogP contribution in [0.4, 0.5) is 5.69 Å². The van der Waals surface area contributed by atoms with E-state index in [1.54, 1.807) is 12.1 Å². The monoisotopic (exact) mass is 381 g/mol. The van der Waals surface area contributed by atoms with E-state index in [0.29, 0.717) is 37.5 Å². The van der Waals surface area contributed by atoms with Gasteiger partial charge in [-0.25, -0.2) is 0 Å². The summed E-state index contributed by atoms with van der Waals surface area (Å²) in [5, 5.41) is 2.90. The minimum Gasteiger partial charge on any atom is -0.378 e. The second kappa shape index (κ2) is 9.90. The molecule has 0 aromatic heterocycles. The van der Waals surface area contributed by atoms with Crippen LogP contribution in [-0.4, -0.2) is 49.1 Å². The van der Waals surface area contributed by atoms with Crippen molar-refractivity contribution in [2.24, 2.45) is 11.7 Å². The van der Waals surface area contributed by atoms with Crippen LogP contribution in [0.2, 0.25) is 0 Å². The maximum atomic E-state index is 12.7. The summed E-state index contributed by atoms with van der Waals surface area (Å²) in [6.07, 6.45) is 4.74. The molecule has 0 spiro atoms. The Bertz CT molecular complexity index is 614. The van der Waals surface area contributed by atoms with Crippen LogP contribution < -0.4 is 11.1 Å². The summed E-state index contributed by atoms with van der Waals surface area (Å²) in [6, 6.07) is 7.22. The molecule has 144 valence electrons. The predicted octanol–water partition coefficient (Wildman–Crippen LogP) is 2.43. The number of likely N-dealkylation sites (tertiary alicyclic amines) is 1. The number of anilines is 1. The third kappa shape index (κ3) is 5.69. The Kier molecular flexibility index (Phi) is 7.87. The standard InChI is InChI=1S/C19H27N3O3.ClH/c20-9-2-12-25-17-7-10-22(11-8-17)19(24)15-3-1-4-16(13-15)21-18(23)14-5-6-14;/h1,3-4,13-14,17H,2,5-12,20H2,(H,21,23);1H. The van der Waals surface area contributed by atoms with E-state index in [1.165, 1.54) is 0 Å². The number of ether oxygens (including phenoxy) is 1. The predicted molar refractivity (Wildman–Crippen MR) is 104 cm³/mol. The maximum absolute atomic E-state index is 12.7. The molecule has 1 aromatic rings. The summed E-state index contributed by atoms with van der Waals surface area (Å²) in [5.41, 5.74) is 6.79. The molecule has 6 nitrogen and oxygen atoms in total. The molecule has 7 heteroatoms. The summed E-state index contributed by atoms with van der Waals surface area (Å²) in [6.45, 7) is 2.73. The van der Waals surface area contributed by atoms with Crippen LogP contribution in [0.5, 0.6) is 0 Å². The number of piperidine rings is 1. The first-order chi connectivity index (χ1) is 12.2. The molecule has 3 rings (SSSR count). The molecular formula is C19H28ClN3O3. The lowest BCUT2D eigenvalue weighted by Gasteiger charge is -2.32. The zero-order valence-corrected chi connectivity index (χ0v) is 15.8. The number of benzene rings is 1. The van der Waals surface area contributed by atoms with Crippen molar-refractivity contribution < 1.29 is 14.3 Å². The van der Waals surface area contributed by atoms with Crippen molar-refractivity contribution in [1.29, 1.82) is 0 Å². The number of hydrogen-bond donors (Lipinski definition) is 2. The van der Waals surface area contributed by atoms with Crippen molar-refractivity contribution in [1.82, 2.24) is 4.90 Å². The zero-order valence-electron chi connectivity index (χ0n) is 15.0. The molecule has 1 aliphatic carbocycles. The van der Waals surface area contributed by atoms with E-state index >= 15 is 0 Å². The van der Waals surface area contributed by atoms with Crippen LogP contribution in [0.1, 0.15) is 42.5 Å². The van der Waals surface area contributed by atoms with Gasteiger partial charge in [-0.3, -0.25) is 9.59 Å². The highest BCUT2D eigenvalue weighted by Gasteiger charge is 2.30. The van der Waals surface area contributed by atoms with Crippen molar-refractivity contribution in [3.8, 4) is 0 Å². The Labute approximate surface area is 160 Å². The molecule has 1 aromatic carbocycles. The first-order valence-electron chi connectivity index (χ1n) is 9.19. The summed E-state index contributed by atoms with van der Waals surface area (Å²) in [4.78, 5) is 26.4. The van der Waals surface area contributed by atoms with Gasteiger partial charge in [-0.05, 0) is 56.8 Å². The minimum atomic E-state index is 0. The third-order valence-corrected chi connectivity index (χ3v) is 4.76. The normalized spacial score (nSPS) is 17.5. The highest BCUT2D eigenvalue weighted by atomic mass is 35.5. The first kappa shape index (κ1) is 20.7. The molecule has 0 unspecified atom stereocenters. The Morgan fingerprint density at radius 3 is 2.58 bits per heavy atom. The van der Waals surface area contributed by atoms with Crippen molar-refractivity contribution >= 4 is 29.9 Å². The van der Waals surface area contributed by atoms with Gasteiger partial charge >= 0.3 is 0 Å². The van der Waals surface area contributed by atoms with Crippen LogP contribution in [0, 0.1) is 5.92 Å². The van der Waals surface area contributed by atoms with Crippen LogP contribution in [0.15, 0.2) is 24.3 Å². The second-order valence-corrected chi connectivity index (χ2v) is 6.85. The maximum Gasteiger partial charge on any atom is 0.253 e. The SMILES string of the molecule is Cl.NCCCOC1CCN(C(=O)c2cccc(NC(=O)C3CC3)c2)CC1. The fourth-order valence-corrected chi connectivity index (χ4v) is 3.06. The average Bonchev–Trinajstić information content (AvgIpc) is 3.47. The molecule has 2 aliphatic rings. The molecule has 1 saturated heterocycles. The lowest BCUT2D eigenvalue weighted by Crippen LogP contribution is -2.41. The van der Waals surface area contributed by atoms with E-state index < -0.39 is 0 Å². The number of hydrogen-bond acceptors (Lipinski definition) is 4. The topological polar surface area (TPSA) is 84.7 Å². The Balaban J connectivity index is 0.00000243. The minimum absolute atomic E-state index is 0. The number of carbonyl (C=O) groups excluding carboxylic acids is 2. The van der Waals surface area contributed by atoms with Crippen molar-refractivity contribution in [2.75, 3.05) is 31.6 Å². The Hall–Kier alpha value is -1.63. The van der Waals surface area contributed by atoms with Crippen LogP contribution in [-0.2, 0) is 9.53 Å². The molecule has 0 bridgehead atoms. The molecular weight excluding hydrogens is 354 g/mol. The Morgan fingerprint density at radius 2 is 1.92 bits per heavy atom. The summed E-state index contributed by atoms with van der Waals surface area (Å²) < 4.78 is 5.78. The summed E-state index contributed by atoms with van der Waals surface area (Å²) in [5.74, 6) is 0.223. The summed E-state index contributed by atoms with van der Waals surface area (Å²) >= 11 is 0. The van der Waals surface area contributed by atoms with E-state index in [9.17, 15) is 9.59 Å². The molecule has 2 fully saturated rings. The second-order valence-electron chi connectivity index (χ2n) is 6.85. The molecule has 1 aliphatic heterocycles. The van der Waals surface area contributed by atoms with E-state index in [-0.39, 0.29) is 36.2 Å². The van der Waals surface area contributed by atoms with E-state index in [0.717, 1.165) is 32.1 Å². The van der Waals surface area contributed by atoms with E-state index in [1.807, 2.05) is 17.0 Å². The van der Waals surface area contributed by atoms with Gasteiger partial charge in [0.2, 0.25) is 5.91 Å². The highest BCUT2D eigenvalue weighted by Crippen LogP contribution is 2.30. The van der Waals surface area contributed by atoms with Crippen molar-refractivity contribution in [2.45, 2.75) is 38.2 Å². The molecule has 2 amide bonds. The van der Waals surface area contributed by atoms with Gasteiger partial charge in [0.25, 0.3) is 5.91 Å². The number of rotatable bonds is 7. The van der Waals surface area contributed by atoms with Crippen molar-refractivity contribution in [3.63, 3.8) is 0 Å². The molecule has 1 heterocycles. The Morgan fingerprint density at radius 1 is 1.19 bits per heavy atom. The molecule has 26 heavy (non-hydrogen) atoms. The third-order valence-electron chi connectivity index (χ3n) is 4.76. The molecule has 1 saturated carbocycles. The quantitative estimate of drug-likeness (QED) is 0.710. The fraction of sp³-hybridized carbons (Fsp3) is 0.579. The lowest BCUT2D eigenvalue weighted by atomic mass is 10.1. The highest BCUT2D eigenvalue weighted by molar-refractivity contribution is 5.98. The zero-order chi connectivity index (χ0) is 17.6.